The van der Waals surface area contributed by atoms with Gasteiger partial charge in [-0.1, -0.05) is 26.0 Å². The quantitative estimate of drug-likeness (QED) is 0.571. The first-order valence-corrected chi connectivity index (χ1v) is 10.2. The molecule has 3 N–H and O–H groups in total. The van der Waals surface area contributed by atoms with Gasteiger partial charge in [0.2, 0.25) is 0 Å². The molecule has 1 aliphatic carbocycles. The number of carbonyl (C=O) groups is 2. The van der Waals surface area contributed by atoms with E-state index in [1.165, 1.54) is 0 Å². The van der Waals surface area contributed by atoms with Crippen LogP contribution in [-0.2, 0) is 11.3 Å². The third-order valence-corrected chi connectivity index (χ3v) is 5.36. The van der Waals surface area contributed by atoms with Crippen LogP contribution in [0.15, 0.2) is 24.3 Å². The maximum absolute atomic E-state index is 12.1. The molecule has 28 heavy (non-hydrogen) atoms. The van der Waals surface area contributed by atoms with Crippen molar-refractivity contribution in [1.82, 2.24) is 15.5 Å². The number of carboxylic acids is 1. The topological polar surface area (TPSA) is 90.9 Å². The smallest absolute Gasteiger partial charge is 0.315 e. The van der Waals surface area contributed by atoms with Crippen LogP contribution < -0.4 is 15.4 Å². The molecule has 1 aromatic rings. The first-order chi connectivity index (χ1) is 13.5. The van der Waals surface area contributed by atoms with E-state index in [4.69, 9.17) is 9.84 Å². The van der Waals surface area contributed by atoms with Crippen molar-refractivity contribution >= 4 is 12.0 Å². The Labute approximate surface area is 167 Å². The summed E-state index contributed by atoms with van der Waals surface area (Å²) in [5.74, 6) is -0.173. The van der Waals surface area contributed by atoms with Gasteiger partial charge >= 0.3 is 12.0 Å². The van der Waals surface area contributed by atoms with E-state index < -0.39 is 5.97 Å². The number of nitrogens with zero attached hydrogens (tertiary/aromatic N) is 1. The van der Waals surface area contributed by atoms with Crippen LogP contribution in [0.1, 0.15) is 45.1 Å². The number of aliphatic carboxylic acids is 1. The standard InChI is InChI=1S/C21H33N3O4/c1-3-24(4-2)13-14-28-19-11-5-16(6-12-19)15-22-21(27)23-18-9-7-17(8-10-18)20(25)26/h5-6,11-12,17-18H,3-4,7-10,13-15H2,1-2H3,(H,25,26)(H2,22,23,27). The molecule has 2 rings (SSSR count). The number of carbonyl (C=O) groups excluding carboxylic acids is 1. The molecule has 0 saturated heterocycles. The Balaban J connectivity index is 1.65. The Morgan fingerprint density at radius 3 is 2.32 bits per heavy atom. The molecule has 0 aromatic heterocycles. The highest BCUT2D eigenvalue weighted by atomic mass is 16.5. The molecule has 0 aliphatic heterocycles. The number of ether oxygens (including phenoxy) is 1. The average Bonchev–Trinajstić information content (AvgIpc) is 2.71. The van der Waals surface area contributed by atoms with Gasteiger partial charge in [-0.15, -0.1) is 0 Å². The van der Waals surface area contributed by atoms with E-state index >= 15 is 0 Å². The van der Waals surface area contributed by atoms with E-state index in [0.29, 0.717) is 38.8 Å². The largest absolute Gasteiger partial charge is 0.492 e. The van der Waals surface area contributed by atoms with Crippen LogP contribution in [0.3, 0.4) is 0 Å². The zero-order valence-corrected chi connectivity index (χ0v) is 16.9. The third-order valence-electron chi connectivity index (χ3n) is 5.36. The van der Waals surface area contributed by atoms with Crippen molar-refractivity contribution < 1.29 is 19.4 Å². The molecule has 0 atom stereocenters. The predicted molar refractivity (Wildman–Crippen MR) is 108 cm³/mol. The second-order valence-corrected chi connectivity index (χ2v) is 7.23. The van der Waals surface area contributed by atoms with Crippen LogP contribution in [0.2, 0.25) is 0 Å². The molecule has 0 radical (unpaired) electrons. The van der Waals surface area contributed by atoms with Crippen molar-refractivity contribution in [3.05, 3.63) is 29.8 Å². The van der Waals surface area contributed by atoms with E-state index in [9.17, 15) is 9.59 Å². The number of hydrogen-bond acceptors (Lipinski definition) is 4. The van der Waals surface area contributed by atoms with E-state index in [1.54, 1.807) is 0 Å². The van der Waals surface area contributed by atoms with Crippen molar-refractivity contribution in [2.45, 2.75) is 52.1 Å². The fourth-order valence-corrected chi connectivity index (χ4v) is 3.44. The number of hydrogen-bond donors (Lipinski definition) is 3. The van der Waals surface area contributed by atoms with Gasteiger partial charge in [-0.2, -0.15) is 0 Å². The summed E-state index contributed by atoms with van der Waals surface area (Å²) < 4.78 is 5.76. The summed E-state index contributed by atoms with van der Waals surface area (Å²) in [6, 6.07) is 7.58. The van der Waals surface area contributed by atoms with Crippen LogP contribution in [0.5, 0.6) is 5.75 Å². The summed E-state index contributed by atoms with van der Waals surface area (Å²) in [5, 5.41) is 14.8. The fourth-order valence-electron chi connectivity index (χ4n) is 3.44. The lowest BCUT2D eigenvalue weighted by atomic mass is 9.86. The van der Waals surface area contributed by atoms with Crippen molar-refractivity contribution in [1.29, 1.82) is 0 Å². The van der Waals surface area contributed by atoms with Crippen LogP contribution in [0.4, 0.5) is 4.79 Å². The second kappa shape index (κ2) is 11.5. The number of benzene rings is 1. The summed E-state index contributed by atoms with van der Waals surface area (Å²) in [7, 11) is 0. The van der Waals surface area contributed by atoms with Gasteiger partial charge in [-0.3, -0.25) is 4.79 Å². The van der Waals surface area contributed by atoms with E-state index in [-0.39, 0.29) is 18.0 Å². The number of urea groups is 1. The number of likely N-dealkylation sites (N-methyl/N-ethyl adjacent to an activating group) is 1. The zero-order valence-electron chi connectivity index (χ0n) is 16.9. The van der Waals surface area contributed by atoms with Gasteiger partial charge in [0.1, 0.15) is 12.4 Å². The van der Waals surface area contributed by atoms with Crippen LogP contribution >= 0.6 is 0 Å². The minimum Gasteiger partial charge on any atom is -0.492 e. The molecule has 1 aromatic carbocycles. The Bertz CT molecular complexity index is 609. The molecule has 1 fully saturated rings. The highest BCUT2D eigenvalue weighted by molar-refractivity contribution is 5.74. The van der Waals surface area contributed by atoms with Gasteiger partial charge in [0.15, 0.2) is 0 Å². The molecule has 7 heteroatoms. The number of nitrogens with one attached hydrogen (secondary N) is 2. The van der Waals surface area contributed by atoms with Gasteiger partial charge in [0.05, 0.1) is 5.92 Å². The SMILES string of the molecule is CCN(CC)CCOc1ccc(CNC(=O)NC2CCC(C(=O)O)CC2)cc1. The lowest BCUT2D eigenvalue weighted by Crippen LogP contribution is -2.43. The van der Waals surface area contributed by atoms with Gasteiger partial charge in [-0.05, 0) is 56.5 Å². The van der Waals surface area contributed by atoms with Crippen LogP contribution in [0, 0.1) is 5.92 Å². The second-order valence-electron chi connectivity index (χ2n) is 7.23. The first kappa shape index (κ1) is 22.0. The third kappa shape index (κ3) is 7.38. The summed E-state index contributed by atoms with van der Waals surface area (Å²) >= 11 is 0. The number of carboxylic acid groups (broad SMARTS) is 1. The number of rotatable bonds is 10. The Morgan fingerprint density at radius 2 is 1.75 bits per heavy atom. The predicted octanol–water partition coefficient (Wildman–Crippen LogP) is 2.85. The van der Waals surface area contributed by atoms with Crippen molar-refractivity contribution in [2.75, 3.05) is 26.2 Å². The average molecular weight is 392 g/mol. The van der Waals surface area contributed by atoms with Crippen molar-refractivity contribution in [3.8, 4) is 5.75 Å². The molecule has 0 bridgehead atoms. The summed E-state index contributed by atoms with van der Waals surface area (Å²) in [6.07, 6.45) is 2.67. The minimum atomic E-state index is -0.733. The Morgan fingerprint density at radius 1 is 1.11 bits per heavy atom. The molecule has 7 nitrogen and oxygen atoms in total. The molecule has 2 amide bonds. The van der Waals surface area contributed by atoms with Crippen molar-refractivity contribution in [2.24, 2.45) is 5.92 Å². The lowest BCUT2D eigenvalue weighted by Gasteiger charge is -2.26. The molecule has 156 valence electrons. The van der Waals surface area contributed by atoms with Gasteiger partial charge in [0.25, 0.3) is 0 Å². The zero-order chi connectivity index (χ0) is 20.4. The summed E-state index contributed by atoms with van der Waals surface area (Å²) in [6.45, 7) is 8.33. The molecule has 0 unspecified atom stereocenters. The number of amides is 2. The molecule has 0 heterocycles. The molecular weight excluding hydrogens is 358 g/mol. The van der Waals surface area contributed by atoms with E-state index in [1.807, 2.05) is 24.3 Å². The van der Waals surface area contributed by atoms with Gasteiger partial charge < -0.3 is 25.4 Å². The monoisotopic (exact) mass is 391 g/mol. The van der Waals surface area contributed by atoms with Gasteiger partial charge in [0, 0.05) is 19.1 Å². The molecular formula is C21H33N3O4. The van der Waals surface area contributed by atoms with Crippen LogP contribution in [-0.4, -0.2) is 54.3 Å². The van der Waals surface area contributed by atoms with E-state index in [2.05, 4.69) is 29.4 Å². The first-order valence-electron chi connectivity index (χ1n) is 10.2. The molecule has 1 aliphatic rings. The minimum absolute atomic E-state index is 0.0529. The molecule has 0 spiro atoms. The normalized spacial score (nSPS) is 19.2. The summed E-state index contributed by atoms with van der Waals surface area (Å²) in [4.78, 5) is 25.3. The maximum Gasteiger partial charge on any atom is 0.315 e. The summed E-state index contributed by atoms with van der Waals surface area (Å²) in [5.41, 5.74) is 1.00. The molecule has 1 saturated carbocycles. The fraction of sp³-hybridized carbons (Fsp3) is 0.619. The Kier molecular flexibility index (Phi) is 9.07. The Hall–Kier alpha value is -2.28. The van der Waals surface area contributed by atoms with Gasteiger partial charge in [-0.25, -0.2) is 4.79 Å². The lowest BCUT2D eigenvalue weighted by molar-refractivity contribution is -0.142. The van der Waals surface area contributed by atoms with Crippen molar-refractivity contribution in [3.63, 3.8) is 0 Å². The van der Waals surface area contributed by atoms with E-state index in [0.717, 1.165) is 30.9 Å². The highest BCUT2D eigenvalue weighted by Gasteiger charge is 2.26. The van der Waals surface area contributed by atoms with Crippen LogP contribution in [0.25, 0.3) is 0 Å². The maximum atomic E-state index is 12.1. The highest BCUT2D eigenvalue weighted by Crippen LogP contribution is 2.24.